The second kappa shape index (κ2) is 6.83. The van der Waals surface area contributed by atoms with E-state index in [9.17, 15) is 4.79 Å². The first-order valence-corrected chi connectivity index (χ1v) is 7.09. The van der Waals surface area contributed by atoms with Crippen molar-refractivity contribution in [2.24, 2.45) is 0 Å². The van der Waals surface area contributed by atoms with Gasteiger partial charge in [-0.3, -0.25) is 9.69 Å². The van der Waals surface area contributed by atoms with Crippen LogP contribution in [0.5, 0.6) is 0 Å². The van der Waals surface area contributed by atoms with Gasteiger partial charge in [0.2, 0.25) is 0 Å². The summed E-state index contributed by atoms with van der Waals surface area (Å²) in [6.45, 7) is 6.67. The molecule has 1 aliphatic heterocycles. The SMILES string of the molecule is CC(C)N1CCOC(C(=O)CCc2ccccc2)C1. The normalized spacial score (nSPS) is 20.7. The molecular weight excluding hydrogens is 238 g/mol. The van der Waals surface area contributed by atoms with Gasteiger partial charge >= 0.3 is 0 Å². The maximum atomic E-state index is 12.2. The van der Waals surface area contributed by atoms with Crippen LogP contribution in [0.1, 0.15) is 25.8 Å². The van der Waals surface area contributed by atoms with E-state index >= 15 is 0 Å². The lowest BCUT2D eigenvalue weighted by atomic mass is 10.0. The third-order valence-corrected chi connectivity index (χ3v) is 3.69. The van der Waals surface area contributed by atoms with Crippen molar-refractivity contribution in [2.75, 3.05) is 19.7 Å². The third kappa shape index (κ3) is 4.15. The molecule has 1 aromatic carbocycles. The fourth-order valence-corrected chi connectivity index (χ4v) is 2.41. The highest BCUT2D eigenvalue weighted by molar-refractivity contribution is 5.83. The smallest absolute Gasteiger partial charge is 0.163 e. The number of carbonyl (C=O) groups is 1. The zero-order valence-electron chi connectivity index (χ0n) is 11.8. The minimum atomic E-state index is -0.236. The molecule has 3 heteroatoms. The first-order chi connectivity index (χ1) is 9.16. The Bertz CT molecular complexity index is 402. The minimum Gasteiger partial charge on any atom is -0.368 e. The van der Waals surface area contributed by atoms with E-state index in [4.69, 9.17) is 4.74 Å². The Hall–Kier alpha value is -1.19. The molecule has 1 saturated heterocycles. The topological polar surface area (TPSA) is 29.5 Å². The van der Waals surface area contributed by atoms with E-state index in [0.717, 1.165) is 19.5 Å². The standard InChI is InChI=1S/C16H23NO2/c1-13(2)17-10-11-19-16(12-17)15(18)9-8-14-6-4-3-5-7-14/h3-7,13,16H,8-12H2,1-2H3. The zero-order chi connectivity index (χ0) is 13.7. The average molecular weight is 261 g/mol. The molecular formula is C16H23NO2. The molecule has 0 saturated carbocycles. The molecule has 1 heterocycles. The lowest BCUT2D eigenvalue weighted by molar-refractivity contribution is -0.137. The molecule has 0 bridgehead atoms. The molecule has 2 rings (SSSR count). The maximum absolute atomic E-state index is 12.2. The molecule has 3 nitrogen and oxygen atoms in total. The van der Waals surface area contributed by atoms with Crippen molar-refractivity contribution < 1.29 is 9.53 Å². The van der Waals surface area contributed by atoms with Crippen LogP contribution in [0.2, 0.25) is 0 Å². The van der Waals surface area contributed by atoms with Gasteiger partial charge in [0.1, 0.15) is 6.10 Å². The zero-order valence-corrected chi connectivity index (χ0v) is 11.8. The summed E-state index contributed by atoms with van der Waals surface area (Å²) >= 11 is 0. The van der Waals surface area contributed by atoms with Crippen molar-refractivity contribution in [3.63, 3.8) is 0 Å². The summed E-state index contributed by atoms with van der Waals surface area (Å²) in [5, 5.41) is 0. The predicted molar refractivity (Wildman–Crippen MR) is 76.2 cm³/mol. The lowest BCUT2D eigenvalue weighted by Crippen LogP contribution is -2.48. The molecule has 1 atom stereocenters. The molecule has 0 radical (unpaired) electrons. The predicted octanol–water partition coefficient (Wildman–Crippen LogP) is 2.30. The Labute approximate surface area is 115 Å². The summed E-state index contributed by atoms with van der Waals surface area (Å²) in [4.78, 5) is 14.5. The van der Waals surface area contributed by atoms with E-state index in [1.807, 2.05) is 18.2 Å². The lowest BCUT2D eigenvalue weighted by Gasteiger charge is -2.34. The average Bonchev–Trinajstić information content (AvgIpc) is 2.46. The number of nitrogens with zero attached hydrogens (tertiary/aromatic N) is 1. The summed E-state index contributed by atoms with van der Waals surface area (Å²) in [5.41, 5.74) is 1.22. The first-order valence-electron chi connectivity index (χ1n) is 7.09. The number of Topliss-reactive ketones (excluding diaryl/α,β-unsaturated/α-hetero) is 1. The van der Waals surface area contributed by atoms with Gasteiger partial charge in [-0.2, -0.15) is 0 Å². The number of hydrogen-bond donors (Lipinski definition) is 0. The molecule has 0 N–H and O–H groups in total. The van der Waals surface area contributed by atoms with Gasteiger partial charge in [0, 0.05) is 25.6 Å². The summed E-state index contributed by atoms with van der Waals surface area (Å²) in [5.74, 6) is 0.231. The first kappa shape index (κ1) is 14.2. The molecule has 1 unspecified atom stereocenters. The number of carbonyl (C=O) groups excluding carboxylic acids is 1. The number of ether oxygens (including phenoxy) is 1. The van der Waals surface area contributed by atoms with E-state index < -0.39 is 0 Å². The summed E-state index contributed by atoms with van der Waals surface area (Å²) in [7, 11) is 0. The Morgan fingerprint density at radius 2 is 2.11 bits per heavy atom. The van der Waals surface area contributed by atoms with Gasteiger partial charge in [-0.05, 0) is 25.8 Å². The third-order valence-electron chi connectivity index (χ3n) is 3.69. The fourth-order valence-electron chi connectivity index (χ4n) is 2.41. The van der Waals surface area contributed by atoms with Crippen LogP contribution < -0.4 is 0 Å². The second-order valence-electron chi connectivity index (χ2n) is 5.40. The number of aryl methyl sites for hydroxylation is 1. The van der Waals surface area contributed by atoms with Gasteiger partial charge in [-0.15, -0.1) is 0 Å². The summed E-state index contributed by atoms with van der Waals surface area (Å²) in [6, 6.07) is 10.6. The molecule has 0 aliphatic carbocycles. The van der Waals surface area contributed by atoms with Crippen LogP contribution in [0, 0.1) is 0 Å². The molecule has 1 aromatic rings. The van der Waals surface area contributed by atoms with Gasteiger partial charge in [0.15, 0.2) is 5.78 Å². The molecule has 1 fully saturated rings. The van der Waals surface area contributed by atoms with Crippen LogP contribution in [0.4, 0.5) is 0 Å². The van der Waals surface area contributed by atoms with Crippen LogP contribution >= 0.6 is 0 Å². The van der Waals surface area contributed by atoms with Gasteiger partial charge in [0.05, 0.1) is 6.61 Å². The second-order valence-corrected chi connectivity index (χ2v) is 5.40. The monoisotopic (exact) mass is 261 g/mol. The molecule has 0 spiro atoms. The van der Waals surface area contributed by atoms with Crippen molar-refractivity contribution in [2.45, 2.75) is 38.8 Å². The highest BCUT2D eigenvalue weighted by Gasteiger charge is 2.27. The van der Waals surface area contributed by atoms with Crippen molar-refractivity contribution >= 4 is 5.78 Å². The van der Waals surface area contributed by atoms with Crippen LogP contribution in [-0.4, -0.2) is 42.5 Å². The molecule has 0 aromatic heterocycles. The quantitative estimate of drug-likeness (QED) is 0.814. The minimum absolute atomic E-state index is 0.231. The van der Waals surface area contributed by atoms with Gasteiger partial charge in [-0.1, -0.05) is 30.3 Å². The van der Waals surface area contributed by atoms with Gasteiger partial charge in [-0.25, -0.2) is 0 Å². The van der Waals surface area contributed by atoms with E-state index in [0.29, 0.717) is 19.1 Å². The van der Waals surface area contributed by atoms with Crippen LogP contribution in [-0.2, 0) is 16.0 Å². The van der Waals surface area contributed by atoms with Crippen LogP contribution in [0.15, 0.2) is 30.3 Å². The number of hydrogen-bond acceptors (Lipinski definition) is 3. The molecule has 0 amide bonds. The summed E-state index contributed by atoms with van der Waals surface area (Å²) < 4.78 is 5.62. The number of morpholine rings is 1. The molecule has 1 aliphatic rings. The Kier molecular flexibility index (Phi) is 5.11. The number of benzene rings is 1. The van der Waals surface area contributed by atoms with Crippen molar-refractivity contribution in [1.29, 1.82) is 0 Å². The summed E-state index contributed by atoms with van der Waals surface area (Å²) in [6.07, 6.45) is 1.14. The highest BCUT2D eigenvalue weighted by atomic mass is 16.5. The Morgan fingerprint density at radius 1 is 1.37 bits per heavy atom. The van der Waals surface area contributed by atoms with Crippen molar-refractivity contribution in [1.82, 2.24) is 4.90 Å². The van der Waals surface area contributed by atoms with E-state index in [1.54, 1.807) is 0 Å². The highest BCUT2D eigenvalue weighted by Crippen LogP contribution is 2.12. The van der Waals surface area contributed by atoms with Crippen molar-refractivity contribution in [3.8, 4) is 0 Å². The van der Waals surface area contributed by atoms with Crippen molar-refractivity contribution in [3.05, 3.63) is 35.9 Å². The van der Waals surface area contributed by atoms with E-state index in [1.165, 1.54) is 5.56 Å². The largest absolute Gasteiger partial charge is 0.368 e. The Balaban J connectivity index is 1.83. The van der Waals surface area contributed by atoms with Gasteiger partial charge < -0.3 is 4.74 Å². The number of ketones is 1. The van der Waals surface area contributed by atoms with E-state index in [2.05, 4.69) is 30.9 Å². The number of rotatable bonds is 5. The molecule has 19 heavy (non-hydrogen) atoms. The van der Waals surface area contributed by atoms with Gasteiger partial charge in [0.25, 0.3) is 0 Å². The molecule has 104 valence electrons. The van der Waals surface area contributed by atoms with Crippen LogP contribution in [0.25, 0.3) is 0 Å². The van der Waals surface area contributed by atoms with E-state index in [-0.39, 0.29) is 11.9 Å². The van der Waals surface area contributed by atoms with Crippen LogP contribution in [0.3, 0.4) is 0 Å². The Morgan fingerprint density at radius 3 is 2.79 bits per heavy atom. The maximum Gasteiger partial charge on any atom is 0.163 e. The fraction of sp³-hybridized carbons (Fsp3) is 0.562.